The Bertz CT molecular complexity index is 86.6. The van der Waals surface area contributed by atoms with E-state index in [0.717, 1.165) is 13.0 Å². The van der Waals surface area contributed by atoms with Crippen molar-refractivity contribution in [3.05, 3.63) is 0 Å². The fraction of sp³-hybridized carbons (Fsp3) is 1.00. The van der Waals surface area contributed by atoms with Crippen molar-refractivity contribution < 1.29 is 0 Å². The third-order valence-electron chi connectivity index (χ3n) is 1.92. The van der Waals surface area contributed by atoms with Gasteiger partial charge in [-0.05, 0) is 19.4 Å². The molecule has 0 spiro atoms. The van der Waals surface area contributed by atoms with E-state index in [4.69, 9.17) is 5.73 Å². The maximum Gasteiger partial charge on any atom is 0.0442 e. The Morgan fingerprint density at radius 3 is 1.83 bits per heavy atom. The lowest BCUT2D eigenvalue weighted by Crippen LogP contribution is -1.97. The molecule has 0 radical (unpaired) electrons. The van der Waals surface area contributed by atoms with Gasteiger partial charge in [0, 0.05) is 4.58 Å². The van der Waals surface area contributed by atoms with Gasteiger partial charge in [-0.2, -0.15) is 25.3 Å². The highest BCUT2D eigenvalue weighted by molar-refractivity contribution is 7.99. The van der Waals surface area contributed by atoms with Gasteiger partial charge in [-0.25, -0.2) is 0 Å². The highest BCUT2D eigenvalue weighted by atomic mass is 32.2. The molecule has 0 unspecified atom stereocenters. The van der Waals surface area contributed by atoms with Crippen LogP contribution in [0, 0.1) is 0 Å². The maximum absolute atomic E-state index is 5.39. The average molecular weight is 207 g/mol. The maximum atomic E-state index is 5.39. The summed E-state index contributed by atoms with van der Waals surface area (Å²) in [5.41, 5.74) is 5.39. The van der Waals surface area contributed by atoms with E-state index in [9.17, 15) is 0 Å². The van der Waals surface area contributed by atoms with Crippen LogP contribution < -0.4 is 5.73 Å². The zero-order valence-electron chi connectivity index (χ0n) is 7.71. The lowest BCUT2D eigenvalue weighted by Gasteiger charge is -2.02. The molecular formula is C9H21NS2. The molecule has 0 aromatic heterocycles. The minimum absolute atomic E-state index is 0.272. The topological polar surface area (TPSA) is 26.0 Å². The SMILES string of the molecule is NCCCCCCCCC(S)S. The van der Waals surface area contributed by atoms with Gasteiger partial charge in [-0.3, -0.25) is 0 Å². The second-order valence-electron chi connectivity index (χ2n) is 3.18. The van der Waals surface area contributed by atoms with E-state index in [0.29, 0.717) is 0 Å². The van der Waals surface area contributed by atoms with Crippen LogP contribution in [0.2, 0.25) is 0 Å². The van der Waals surface area contributed by atoms with E-state index in [-0.39, 0.29) is 4.58 Å². The molecule has 0 aliphatic heterocycles. The minimum Gasteiger partial charge on any atom is -0.330 e. The number of hydrogen-bond acceptors (Lipinski definition) is 3. The number of rotatable bonds is 8. The molecule has 0 heterocycles. The Labute approximate surface area is 87.3 Å². The Morgan fingerprint density at radius 1 is 0.833 bits per heavy atom. The standard InChI is InChI=1S/C9H21NS2/c10-8-6-4-2-1-3-5-7-9(11)12/h9,11-12H,1-8,10H2. The second-order valence-corrected chi connectivity index (χ2v) is 4.83. The van der Waals surface area contributed by atoms with Gasteiger partial charge in [0.05, 0.1) is 0 Å². The molecule has 0 aromatic rings. The van der Waals surface area contributed by atoms with E-state index < -0.39 is 0 Å². The van der Waals surface area contributed by atoms with Gasteiger partial charge in [0.2, 0.25) is 0 Å². The van der Waals surface area contributed by atoms with Gasteiger partial charge in [-0.1, -0.05) is 32.1 Å². The van der Waals surface area contributed by atoms with Gasteiger partial charge >= 0.3 is 0 Å². The summed E-state index contributed by atoms with van der Waals surface area (Å²) in [6.07, 6.45) is 8.87. The van der Waals surface area contributed by atoms with E-state index in [1.165, 1.54) is 38.5 Å². The van der Waals surface area contributed by atoms with Crippen LogP contribution in [0.25, 0.3) is 0 Å². The van der Waals surface area contributed by atoms with Crippen molar-refractivity contribution >= 4 is 25.3 Å². The molecule has 2 N–H and O–H groups in total. The van der Waals surface area contributed by atoms with Crippen LogP contribution >= 0.6 is 25.3 Å². The molecule has 0 aromatic carbocycles. The normalized spacial score (nSPS) is 11.0. The summed E-state index contributed by atoms with van der Waals surface area (Å²) in [5, 5.41) is 0. The number of nitrogens with two attached hydrogens (primary N) is 1. The highest BCUT2D eigenvalue weighted by Crippen LogP contribution is 2.13. The smallest absolute Gasteiger partial charge is 0.0442 e. The minimum atomic E-state index is 0.272. The molecule has 0 amide bonds. The largest absolute Gasteiger partial charge is 0.330 e. The Hall–Kier alpha value is 0.660. The van der Waals surface area contributed by atoms with E-state index in [2.05, 4.69) is 25.3 Å². The van der Waals surface area contributed by atoms with Crippen molar-refractivity contribution in [2.45, 2.75) is 49.5 Å². The first-order chi connectivity index (χ1) is 5.77. The average Bonchev–Trinajstić information content (AvgIpc) is 2.02. The van der Waals surface area contributed by atoms with Crippen LogP contribution in [-0.2, 0) is 0 Å². The molecule has 0 saturated carbocycles. The van der Waals surface area contributed by atoms with Gasteiger partial charge in [0.25, 0.3) is 0 Å². The zero-order chi connectivity index (χ0) is 9.23. The number of hydrogen-bond donors (Lipinski definition) is 3. The fourth-order valence-corrected chi connectivity index (χ4v) is 1.54. The molecule has 0 saturated heterocycles. The molecule has 3 heteroatoms. The molecule has 0 aliphatic carbocycles. The fourth-order valence-electron chi connectivity index (χ4n) is 1.18. The Morgan fingerprint density at radius 2 is 1.33 bits per heavy atom. The first kappa shape index (κ1) is 12.7. The highest BCUT2D eigenvalue weighted by Gasteiger charge is 1.95. The quantitative estimate of drug-likeness (QED) is 0.318. The predicted octanol–water partition coefficient (Wildman–Crippen LogP) is 2.86. The van der Waals surface area contributed by atoms with Crippen LogP contribution in [-0.4, -0.2) is 11.1 Å². The lowest BCUT2D eigenvalue weighted by molar-refractivity contribution is 0.592. The summed E-state index contributed by atoms with van der Waals surface area (Å²) in [5.74, 6) is 0. The Kier molecular flexibility index (Phi) is 10.3. The summed E-state index contributed by atoms with van der Waals surface area (Å²) in [7, 11) is 0. The van der Waals surface area contributed by atoms with Gasteiger partial charge in [-0.15, -0.1) is 0 Å². The third kappa shape index (κ3) is 10.7. The van der Waals surface area contributed by atoms with Gasteiger partial charge < -0.3 is 5.73 Å². The summed E-state index contributed by atoms with van der Waals surface area (Å²) in [4.78, 5) is 0. The number of unbranched alkanes of at least 4 members (excludes halogenated alkanes) is 5. The van der Waals surface area contributed by atoms with Crippen LogP contribution in [0.15, 0.2) is 0 Å². The zero-order valence-corrected chi connectivity index (χ0v) is 9.49. The van der Waals surface area contributed by atoms with E-state index >= 15 is 0 Å². The monoisotopic (exact) mass is 207 g/mol. The summed E-state index contributed by atoms with van der Waals surface area (Å²) < 4.78 is 0.272. The molecule has 0 atom stereocenters. The van der Waals surface area contributed by atoms with Crippen LogP contribution in [0.3, 0.4) is 0 Å². The first-order valence-electron chi connectivity index (χ1n) is 4.83. The Balaban J connectivity index is 2.82. The van der Waals surface area contributed by atoms with Crippen molar-refractivity contribution in [1.82, 2.24) is 0 Å². The van der Waals surface area contributed by atoms with Crippen molar-refractivity contribution in [2.75, 3.05) is 6.54 Å². The summed E-state index contributed by atoms with van der Waals surface area (Å²) in [6, 6.07) is 0. The van der Waals surface area contributed by atoms with Crippen molar-refractivity contribution in [2.24, 2.45) is 5.73 Å². The molecule has 1 nitrogen and oxygen atoms in total. The predicted molar refractivity (Wildman–Crippen MR) is 63.1 cm³/mol. The lowest BCUT2D eigenvalue weighted by atomic mass is 10.1. The second kappa shape index (κ2) is 9.75. The summed E-state index contributed by atoms with van der Waals surface area (Å²) in [6.45, 7) is 0.843. The van der Waals surface area contributed by atoms with Crippen LogP contribution in [0.4, 0.5) is 0 Å². The van der Waals surface area contributed by atoms with Crippen molar-refractivity contribution in [3.8, 4) is 0 Å². The van der Waals surface area contributed by atoms with Crippen molar-refractivity contribution in [3.63, 3.8) is 0 Å². The van der Waals surface area contributed by atoms with Gasteiger partial charge in [0.1, 0.15) is 0 Å². The molecule has 0 fully saturated rings. The third-order valence-corrected chi connectivity index (χ3v) is 2.43. The van der Waals surface area contributed by atoms with E-state index in [1.54, 1.807) is 0 Å². The molecule has 0 aliphatic rings. The molecule has 0 rings (SSSR count). The van der Waals surface area contributed by atoms with Gasteiger partial charge in [0.15, 0.2) is 0 Å². The van der Waals surface area contributed by atoms with E-state index in [1.807, 2.05) is 0 Å². The molecule has 74 valence electrons. The molecule has 0 bridgehead atoms. The van der Waals surface area contributed by atoms with Crippen molar-refractivity contribution in [1.29, 1.82) is 0 Å². The summed E-state index contributed by atoms with van der Waals surface area (Å²) >= 11 is 8.41. The van der Waals surface area contributed by atoms with Crippen LogP contribution in [0.1, 0.15) is 44.9 Å². The first-order valence-corrected chi connectivity index (χ1v) is 5.87. The number of thiol groups is 2. The molecular weight excluding hydrogens is 186 g/mol. The molecule has 12 heavy (non-hydrogen) atoms. The van der Waals surface area contributed by atoms with Crippen LogP contribution in [0.5, 0.6) is 0 Å².